The molecule has 2 N–H and O–H groups in total. The van der Waals surface area contributed by atoms with Gasteiger partial charge in [0.15, 0.2) is 0 Å². The van der Waals surface area contributed by atoms with Gasteiger partial charge in [0.2, 0.25) is 5.91 Å². The highest BCUT2D eigenvalue weighted by Crippen LogP contribution is 2.18. The van der Waals surface area contributed by atoms with E-state index in [2.05, 4.69) is 43.5 Å². The lowest BCUT2D eigenvalue weighted by Gasteiger charge is -2.24. The van der Waals surface area contributed by atoms with Crippen molar-refractivity contribution in [1.82, 2.24) is 15.5 Å². The third-order valence-corrected chi connectivity index (χ3v) is 3.07. The van der Waals surface area contributed by atoms with Crippen LogP contribution in [0.15, 0.2) is 0 Å². The van der Waals surface area contributed by atoms with Crippen molar-refractivity contribution in [2.24, 2.45) is 5.92 Å². The molecule has 1 rings (SSSR count). The van der Waals surface area contributed by atoms with Gasteiger partial charge in [0, 0.05) is 31.6 Å². The predicted octanol–water partition coefficient (Wildman–Crippen LogP) is 1.22. The Morgan fingerprint density at radius 1 is 1.33 bits per heavy atom. The van der Waals surface area contributed by atoms with Crippen LogP contribution in [-0.4, -0.2) is 50.1 Å². The minimum absolute atomic E-state index is 0.193. The molecule has 4 nitrogen and oxygen atoms in total. The van der Waals surface area contributed by atoms with Crippen LogP contribution >= 0.6 is 0 Å². The summed E-state index contributed by atoms with van der Waals surface area (Å²) in [6, 6.07) is 0.958. The fourth-order valence-electron chi connectivity index (χ4n) is 2.15. The molecule has 0 heterocycles. The summed E-state index contributed by atoms with van der Waals surface area (Å²) >= 11 is 0. The molecule has 0 radical (unpaired) electrons. The van der Waals surface area contributed by atoms with E-state index in [0.29, 0.717) is 24.4 Å². The fraction of sp³-hybridized carbons (Fsp3) is 0.929. The summed E-state index contributed by atoms with van der Waals surface area (Å²) in [5, 5.41) is 6.52. The largest absolute Gasteiger partial charge is 0.353 e. The van der Waals surface area contributed by atoms with Gasteiger partial charge >= 0.3 is 0 Å². The molecule has 0 aromatic heterocycles. The van der Waals surface area contributed by atoms with Gasteiger partial charge in [-0.15, -0.1) is 0 Å². The van der Waals surface area contributed by atoms with E-state index in [4.69, 9.17) is 0 Å². The Balaban J connectivity index is 2.16. The molecule has 0 saturated heterocycles. The van der Waals surface area contributed by atoms with E-state index in [1.807, 2.05) is 0 Å². The topological polar surface area (TPSA) is 44.4 Å². The minimum atomic E-state index is 0.193. The Morgan fingerprint density at radius 2 is 2.00 bits per heavy atom. The van der Waals surface area contributed by atoms with E-state index >= 15 is 0 Å². The SMILES string of the molecule is CC(C)CC(CN(C)C)NCCC(=O)NC1CC1. The van der Waals surface area contributed by atoms with Crippen LogP contribution in [0.25, 0.3) is 0 Å². The molecule has 1 fully saturated rings. The van der Waals surface area contributed by atoms with Gasteiger partial charge in [-0.05, 0) is 39.3 Å². The highest BCUT2D eigenvalue weighted by Gasteiger charge is 2.22. The lowest BCUT2D eigenvalue weighted by molar-refractivity contribution is -0.121. The van der Waals surface area contributed by atoms with Gasteiger partial charge in [-0.2, -0.15) is 0 Å². The maximum atomic E-state index is 11.6. The number of carbonyl (C=O) groups is 1. The number of hydrogen-bond donors (Lipinski definition) is 2. The van der Waals surface area contributed by atoms with Crippen molar-refractivity contribution in [1.29, 1.82) is 0 Å². The van der Waals surface area contributed by atoms with Crippen molar-refractivity contribution in [2.45, 2.75) is 51.6 Å². The molecule has 1 aliphatic rings. The number of nitrogens with zero attached hydrogens (tertiary/aromatic N) is 1. The first-order valence-electron chi connectivity index (χ1n) is 7.15. The summed E-state index contributed by atoms with van der Waals surface area (Å²) in [6.45, 7) is 6.29. The second-order valence-corrected chi connectivity index (χ2v) is 6.13. The Kier molecular flexibility index (Phi) is 6.65. The summed E-state index contributed by atoms with van der Waals surface area (Å²) < 4.78 is 0. The van der Waals surface area contributed by atoms with Crippen LogP contribution in [0.4, 0.5) is 0 Å². The van der Waals surface area contributed by atoms with E-state index in [1.165, 1.54) is 0 Å². The van der Waals surface area contributed by atoms with Gasteiger partial charge in [-0.1, -0.05) is 13.8 Å². The monoisotopic (exact) mass is 255 g/mol. The molecule has 1 amide bonds. The predicted molar refractivity (Wildman–Crippen MR) is 75.6 cm³/mol. The van der Waals surface area contributed by atoms with Gasteiger partial charge in [0.25, 0.3) is 0 Å². The van der Waals surface area contributed by atoms with Crippen molar-refractivity contribution >= 4 is 5.91 Å². The third-order valence-electron chi connectivity index (χ3n) is 3.07. The molecular weight excluding hydrogens is 226 g/mol. The number of likely N-dealkylation sites (N-methyl/N-ethyl adjacent to an activating group) is 1. The van der Waals surface area contributed by atoms with Crippen molar-refractivity contribution < 1.29 is 4.79 Å². The van der Waals surface area contributed by atoms with Gasteiger partial charge < -0.3 is 15.5 Å². The van der Waals surface area contributed by atoms with E-state index in [0.717, 1.165) is 32.4 Å². The Bertz CT molecular complexity index is 239. The van der Waals surface area contributed by atoms with Crippen LogP contribution in [-0.2, 0) is 4.79 Å². The first-order valence-corrected chi connectivity index (χ1v) is 7.15. The standard InChI is InChI=1S/C14H29N3O/c1-11(2)9-13(10-17(3)4)15-8-7-14(18)16-12-5-6-12/h11-13,15H,5-10H2,1-4H3,(H,16,18). The molecule has 0 aromatic carbocycles. The first-order chi connectivity index (χ1) is 8.47. The maximum Gasteiger partial charge on any atom is 0.221 e. The number of nitrogens with one attached hydrogen (secondary N) is 2. The lowest BCUT2D eigenvalue weighted by atomic mass is 10.0. The third kappa shape index (κ3) is 7.67. The highest BCUT2D eigenvalue weighted by atomic mass is 16.1. The van der Waals surface area contributed by atoms with E-state index in [-0.39, 0.29) is 5.91 Å². The summed E-state index contributed by atoms with van der Waals surface area (Å²) in [5.41, 5.74) is 0. The number of amides is 1. The van der Waals surface area contributed by atoms with Crippen LogP contribution in [0.3, 0.4) is 0 Å². The minimum Gasteiger partial charge on any atom is -0.353 e. The Labute approximate surface area is 111 Å². The molecule has 1 unspecified atom stereocenters. The van der Waals surface area contributed by atoms with Crippen molar-refractivity contribution in [3.05, 3.63) is 0 Å². The molecular formula is C14H29N3O. The average Bonchev–Trinajstić information content (AvgIpc) is 2.99. The molecule has 0 bridgehead atoms. The molecule has 1 aliphatic carbocycles. The quantitative estimate of drug-likeness (QED) is 0.651. The van der Waals surface area contributed by atoms with Crippen LogP contribution in [0.5, 0.6) is 0 Å². The summed E-state index contributed by atoms with van der Waals surface area (Å²) in [5.74, 6) is 0.876. The molecule has 0 aromatic rings. The summed E-state index contributed by atoms with van der Waals surface area (Å²) in [7, 11) is 4.18. The van der Waals surface area contributed by atoms with Crippen LogP contribution in [0.1, 0.15) is 39.5 Å². The van der Waals surface area contributed by atoms with Crippen LogP contribution in [0.2, 0.25) is 0 Å². The second kappa shape index (κ2) is 7.74. The van der Waals surface area contributed by atoms with Crippen LogP contribution < -0.4 is 10.6 Å². The molecule has 1 atom stereocenters. The molecule has 0 aliphatic heterocycles. The molecule has 4 heteroatoms. The number of rotatable bonds is 9. The normalized spacial score (nSPS) is 17.2. The van der Waals surface area contributed by atoms with Gasteiger partial charge in [0.05, 0.1) is 0 Å². The molecule has 0 spiro atoms. The fourth-order valence-corrected chi connectivity index (χ4v) is 2.15. The Morgan fingerprint density at radius 3 is 2.50 bits per heavy atom. The van der Waals surface area contributed by atoms with Crippen molar-refractivity contribution in [2.75, 3.05) is 27.2 Å². The zero-order valence-corrected chi connectivity index (χ0v) is 12.3. The second-order valence-electron chi connectivity index (χ2n) is 6.13. The Hall–Kier alpha value is -0.610. The first kappa shape index (κ1) is 15.4. The molecule has 1 saturated carbocycles. The smallest absolute Gasteiger partial charge is 0.221 e. The van der Waals surface area contributed by atoms with Gasteiger partial charge in [-0.3, -0.25) is 4.79 Å². The zero-order valence-electron chi connectivity index (χ0n) is 12.3. The maximum absolute atomic E-state index is 11.6. The van der Waals surface area contributed by atoms with Crippen molar-refractivity contribution in [3.63, 3.8) is 0 Å². The number of hydrogen-bond acceptors (Lipinski definition) is 3. The van der Waals surface area contributed by atoms with Crippen LogP contribution in [0, 0.1) is 5.92 Å². The lowest BCUT2D eigenvalue weighted by Crippen LogP contribution is -2.41. The summed E-state index contributed by atoms with van der Waals surface area (Å²) in [4.78, 5) is 13.8. The summed E-state index contributed by atoms with van der Waals surface area (Å²) in [6.07, 6.45) is 4.08. The highest BCUT2D eigenvalue weighted by molar-refractivity contribution is 5.76. The average molecular weight is 255 g/mol. The number of carbonyl (C=O) groups excluding carboxylic acids is 1. The van der Waals surface area contributed by atoms with E-state index in [9.17, 15) is 4.79 Å². The van der Waals surface area contributed by atoms with E-state index in [1.54, 1.807) is 0 Å². The zero-order chi connectivity index (χ0) is 13.5. The van der Waals surface area contributed by atoms with Crippen molar-refractivity contribution in [3.8, 4) is 0 Å². The van der Waals surface area contributed by atoms with E-state index < -0.39 is 0 Å². The molecule has 18 heavy (non-hydrogen) atoms. The van der Waals surface area contributed by atoms with Gasteiger partial charge in [0.1, 0.15) is 0 Å². The van der Waals surface area contributed by atoms with Gasteiger partial charge in [-0.25, -0.2) is 0 Å². The molecule has 106 valence electrons.